The lowest BCUT2D eigenvalue weighted by atomic mass is 10.1. The number of benzene rings is 1. The molecule has 0 aliphatic heterocycles. The third kappa shape index (κ3) is 1.40. The first-order valence-corrected chi connectivity index (χ1v) is 4.32. The fourth-order valence-corrected chi connectivity index (χ4v) is 1.38. The monoisotopic (exact) mass is 183 g/mol. The van der Waals surface area contributed by atoms with Gasteiger partial charge >= 0.3 is 0 Å². The maximum absolute atomic E-state index is 9.50. The van der Waals surface area contributed by atoms with E-state index >= 15 is 0 Å². The average molecular weight is 183 g/mol. The highest BCUT2D eigenvalue weighted by molar-refractivity contribution is 5.87. The molecule has 0 saturated heterocycles. The summed E-state index contributed by atoms with van der Waals surface area (Å²) in [6.07, 6.45) is 1.59. The molecule has 1 aromatic heterocycles. The molecule has 0 spiro atoms. The zero-order valence-electron chi connectivity index (χ0n) is 7.78. The van der Waals surface area contributed by atoms with Gasteiger partial charge < -0.3 is 5.11 Å². The van der Waals surface area contributed by atoms with Crippen molar-refractivity contribution in [2.24, 2.45) is 0 Å². The molecule has 1 N–H and O–H groups in total. The summed E-state index contributed by atoms with van der Waals surface area (Å²) >= 11 is 0. The molecule has 1 heterocycles. The molecule has 0 aliphatic rings. The lowest BCUT2D eigenvalue weighted by molar-refractivity contribution is 0.460. The fourth-order valence-electron chi connectivity index (χ4n) is 1.38. The Bertz CT molecular complexity index is 535. The average Bonchev–Trinajstić information content (AvgIpc) is 2.20. The van der Waals surface area contributed by atoms with Crippen molar-refractivity contribution in [1.82, 2.24) is 4.98 Å². The number of hydrogen-bond donors (Lipinski definition) is 1. The van der Waals surface area contributed by atoms with Gasteiger partial charge in [-0.3, -0.25) is 0 Å². The minimum absolute atomic E-state index is 0.0576. The number of fused-ring (bicyclic) bond motifs is 1. The Morgan fingerprint density at radius 1 is 1.29 bits per heavy atom. The quantitative estimate of drug-likeness (QED) is 0.636. The number of hydrogen-bond acceptors (Lipinski definition) is 2. The minimum Gasteiger partial charge on any atom is -0.493 e. The van der Waals surface area contributed by atoms with Crippen molar-refractivity contribution in [3.63, 3.8) is 0 Å². The van der Waals surface area contributed by atoms with Gasteiger partial charge in [-0.1, -0.05) is 12.0 Å². The Kier molecular flexibility index (Phi) is 2.08. The predicted molar refractivity (Wildman–Crippen MR) is 56.0 cm³/mol. The van der Waals surface area contributed by atoms with Gasteiger partial charge in [0.1, 0.15) is 0 Å². The van der Waals surface area contributed by atoms with E-state index in [1.54, 1.807) is 13.1 Å². The molecule has 2 aromatic rings. The first kappa shape index (κ1) is 8.58. The van der Waals surface area contributed by atoms with Crippen LogP contribution in [0.4, 0.5) is 0 Å². The van der Waals surface area contributed by atoms with Crippen LogP contribution in [-0.4, -0.2) is 10.1 Å². The van der Waals surface area contributed by atoms with Gasteiger partial charge in [0.15, 0.2) is 0 Å². The van der Waals surface area contributed by atoms with Crippen LogP contribution < -0.4 is 0 Å². The van der Waals surface area contributed by atoms with Crippen molar-refractivity contribution < 1.29 is 5.11 Å². The van der Waals surface area contributed by atoms with Gasteiger partial charge in [-0.15, -0.1) is 5.92 Å². The van der Waals surface area contributed by atoms with Crippen LogP contribution in [0.25, 0.3) is 10.8 Å². The van der Waals surface area contributed by atoms with Gasteiger partial charge in [-0.05, 0) is 30.5 Å². The molecular weight excluding hydrogens is 174 g/mol. The lowest BCUT2D eigenvalue weighted by Gasteiger charge is -1.99. The normalized spacial score (nSPS) is 9.50. The lowest BCUT2D eigenvalue weighted by Crippen LogP contribution is -1.80. The second-order valence-corrected chi connectivity index (χ2v) is 2.95. The van der Waals surface area contributed by atoms with E-state index in [1.807, 2.05) is 24.3 Å². The summed E-state index contributed by atoms with van der Waals surface area (Å²) in [5.74, 6) is 5.81. The second kappa shape index (κ2) is 3.39. The largest absolute Gasteiger partial charge is 0.493 e. The van der Waals surface area contributed by atoms with Crippen LogP contribution in [0.3, 0.4) is 0 Å². The predicted octanol–water partition coefficient (Wildman–Crippen LogP) is 2.31. The molecule has 0 radical (unpaired) electrons. The highest BCUT2D eigenvalue weighted by Crippen LogP contribution is 2.22. The van der Waals surface area contributed by atoms with Gasteiger partial charge in [0, 0.05) is 17.1 Å². The van der Waals surface area contributed by atoms with Crippen molar-refractivity contribution >= 4 is 10.8 Å². The molecule has 2 heteroatoms. The van der Waals surface area contributed by atoms with Crippen molar-refractivity contribution in [2.45, 2.75) is 6.92 Å². The summed E-state index contributed by atoms with van der Waals surface area (Å²) in [6.45, 7) is 1.79. The van der Waals surface area contributed by atoms with Crippen LogP contribution >= 0.6 is 0 Å². The highest BCUT2D eigenvalue weighted by atomic mass is 16.3. The van der Waals surface area contributed by atoms with Crippen molar-refractivity contribution in [1.29, 1.82) is 0 Å². The van der Waals surface area contributed by atoms with E-state index < -0.39 is 0 Å². The van der Waals surface area contributed by atoms with Gasteiger partial charge in [0.2, 0.25) is 5.88 Å². The molecule has 0 aliphatic carbocycles. The van der Waals surface area contributed by atoms with E-state index in [-0.39, 0.29) is 5.88 Å². The molecule has 0 saturated carbocycles. The Hall–Kier alpha value is -2.01. The summed E-state index contributed by atoms with van der Waals surface area (Å²) in [6, 6.07) is 7.56. The standard InChI is InChI=1S/C12H9NO/c1-2-3-9-4-5-10-6-7-13-12(14)11(10)8-9/h4-8H,1H3,(H,13,14). The Labute approximate surface area is 82.2 Å². The molecule has 2 nitrogen and oxygen atoms in total. The van der Waals surface area contributed by atoms with E-state index in [2.05, 4.69) is 16.8 Å². The maximum atomic E-state index is 9.50. The van der Waals surface area contributed by atoms with E-state index in [0.29, 0.717) is 0 Å². The molecule has 0 atom stereocenters. The Morgan fingerprint density at radius 3 is 2.93 bits per heavy atom. The number of aromatic nitrogens is 1. The molecular formula is C12H9NO. The first-order chi connectivity index (χ1) is 6.81. The van der Waals surface area contributed by atoms with E-state index in [1.165, 1.54) is 0 Å². The van der Waals surface area contributed by atoms with Crippen LogP contribution in [0.2, 0.25) is 0 Å². The number of nitrogens with zero attached hydrogens (tertiary/aromatic N) is 1. The van der Waals surface area contributed by atoms with E-state index in [0.717, 1.165) is 16.3 Å². The van der Waals surface area contributed by atoms with Gasteiger partial charge in [-0.2, -0.15) is 0 Å². The van der Waals surface area contributed by atoms with E-state index in [9.17, 15) is 5.11 Å². The van der Waals surface area contributed by atoms with Crippen LogP contribution in [0.15, 0.2) is 30.5 Å². The second-order valence-electron chi connectivity index (χ2n) is 2.95. The summed E-state index contributed by atoms with van der Waals surface area (Å²) in [4.78, 5) is 3.82. The molecule has 0 unspecified atom stereocenters. The third-order valence-electron chi connectivity index (χ3n) is 2.01. The SMILES string of the molecule is CC#Cc1ccc2ccnc(O)c2c1. The molecule has 0 fully saturated rings. The van der Waals surface area contributed by atoms with Crippen molar-refractivity contribution in [2.75, 3.05) is 0 Å². The van der Waals surface area contributed by atoms with Gasteiger partial charge in [0.05, 0.1) is 0 Å². The maximum Gasteiger partial charge on any atom is 0.218 e. The summed E-state index contributed by atoms with van der Waals surface area (Å²) in [7, 11) is 0. The number of aromatic hydroxyl groups is 1. The molecule has 1 aromatic carbocycles. The Balaban J connectivity index is 2.73. The zero-order valence-corrected chi connectivity index (χ0v) is 7.78. The van der Waals surface area contributed by atoms with Crippen molar-refractivity contribution in [3.05, 3.63) is 36.0 Å². The molecule has 0 bridgehead atoms. The van der Waals surface area contributed by atoms with Crippen LogP contribution in [0.5, 0.6) is 5.88 Å². The molecule has 2 rings (SSSR count). The summed E-state index contributed by atoms with van der Waals surface area (Å²) < 4.78 is 0. The number of pyridine rings is 1. The minimum atomic E-state index is 0.0576. The first-order valence-electron chi connectivity index (χ1n) is 4.32. The summed E-state index contributed by atoms with van der Waals surface area (Å²) in [5, 5.41) is 11.2. The number of rotatable bonds is 0. The van der Waals surface area contributed by atoms with Crippen LogP contribution in [-0.2, 0) is 0 Å². The van der Waals surface area contributed by atoms with Gasteiger partial charge in [0.25, 0.3) is 0 Å². The van der Waals surface area contributed by atoms with Gasteiger partial charge in [-0.25, -0.2) is 4.98 Å². The molecule has 0 amide bonds. The topological polar surface area (TPSA) is 33.1 Å². The van der Waals surface area contributed by atoms with E-state index in [4.69, 9.17) is 0 Å². The summed E-state index contributed by atoms with van der Waals surface area (Å²) in [5.41, 5.74) is 0.892. The molecule has 68 valence electrons. The molecule has 14 heavy (non-hydrogen) atoms. The Morgan fingerprint density at radius 2 is 2.14 bits per heavy atom. The smallest absolute Gasteiger partial charge is 0.218 e. The third-order valence-corrected chi connectivity index (χ3v) is 2.01. The zero-order chi connectivity index (χ0) is 9.97. The van der Waals surface area contributed by atoms with Crippen LogP contribution in [0, 0.1) is 11.8 Å². The van der Waals surface area contributed by atoms with Crippen molar-refractivity contribution in [3.8, 4) is 17.7 Å². The highest BCUT2D eigenvalue weighted by Gasteiger charge is 1.99. The van der Waals surface area contributed by atoms with Crippen LogP contribution in [0.1, 0.15) is 12.5 Å². The fraction of sp³-hybridized carbons (Fsp3) is 0.0833.